The second kappa shape index (κ2) is 6.90. The zero-order chi connectivity index (χ0) is 19.9. The van der Waals surface area contributed by atoms with Crippen molar-refractivity contribution in [3.05, 3.63) is 59.7 Å². The van der Waals surface area contributed by atoms with Crippen molar-refractivity contribution in [2.24, 2.45) is 0 Å². The maximum atomic E-state index is 12.9. The lowest BCUT2D eigenvalue weighted by atomic mass is 10.1. The van der Waals surface area contributed by atoms with Crippen LogP contribution in [-0.4, -0.2) is 36.6 Å². The van der Waals surface area contributed by atoms with E-state index in [9.17, 15) is 18.0 Å². The molecule has 27 heavy (non-hydrogen) atoms. The van der Waals surface area contributed by atoms with Crippen molar-refractivity contribution in [3.8, 4) is 0 Å². The Balaban J connectivity index is 1.95. The summed E-state index contributed by atoms with van der Waals surface area (Å²) in [5.74, 6) is -0.811. The molecule has 0 atom stereocenters. The monoisotopic (exact) mass is 386 g/mol. The zero-order valence-corrected chi connectivity index (χ0v) is 16.5. The lowest BCUT2D eigenvalue weighted by Crippen LogP contribution is -2.41. The van der Waals surface area contributed by atoms with E-state index < -0.39 is 21.8 Å². The smallest absolute Gasteiger partial charge is 0.266 e. The lowest BCUT2D eigenvalue weighted by Gasteiger charge is -2.29. The van der Waals surface area contributed by atoms with Gasteiger partial charge in [0.15, 0.2) is 0 Å². The molecule has 0 bridgehead atoms. The minimum Gasteiger partial charge on any atom is -0.268 e. The zero-order valence-electron chi connectivity index (χ0n) is 15.7. The van der Waals surface area contributed by atoms with Crippen molar-refractivity contribution in [2.45, 2.75) is 44.7 Å². The Kier molecular flexibility index (Phi) is 4.92. The maximum Gasteiger partial charge on any atom is 0.266 e. The van der Waals surface area contributed by atoms with E-state index in [0.29, 0.717) is 16.8 Å². The van der Waals surface area contributed by atoms with Gasteiger partial charge >= 0.3 is 0 Å². The first-order valence-corrected chi connectivity index (χ1v) is 10.2. The molecule has 2 aromatic carbocycles. The van der Waals surface area contributed by atoms with Crippen LogP contribution in [0.4, 0.5) is 5.69 Å². The minimum absolute atomic E-state index is 0.130. The van der Waals surface area contributed by atoms with Crippen molar-refractivity contribution in [2.75, 3.05) is 4.90 Å². The number of fused-ring (bicyclic) bond motifs is 1. The summed E-state index contributed by atoms with van der Waals surface area (Å²) < 4.78 is 27.3. The van der Waals surface area contributed by atoms with Crippen LogP contribution in [-0.2, 0) is 10.0 Å². The molecule has 0 aromatic heterocycles. The molecule has 6 nitrogen and oxygen atoms in total. The highest BCUT2D eigenvalue weighted by Crippen LogP contribution is 2.30. The predicted molar refractivity (Wildman–Crippen MR) is 103 cm³/mol. The van der Waals surface area contributed by atoms with E-state index >= 15 is 0 Å². The van der Waals surface area contributed by atoms with Gasteiger partial charge in [-0.15, -0.1) is 0 Å². The molecule has 0 unspecified atom stereocenters. The van der Waals surface area contributed by atoms with Crippen LogP contribution >= 0.6 is 0 Å². The van der Waals surface area contributed by atoms with Crippen molar-refractivity contribution in [1.29, 1.82) is 0 Å². The number of carbonyl (C=O) groups is 2. The summed E-state index contributed by atoms with van der Waals surface area (Å²) in [6.45, 7) is 7.30. The van der Waals surface area contributed by atoms with Crippen LogP contribution in [0.5, 0.6) is 0 Å². The lowest BCUT2D eigenvalue weighted by molar-refractivity contribution is 0.0926. The highest BCUT2D eigenvalue weighted by Gasteiger charge is 2.36. The third kappa shape index (κ3) is 3.17. The van der Waals surface area contributed by atoms with Crippen molar-refractivity contribution < 1.29 is 18.0 Å². The van der Waals surface area contributed by atoms with E-state index in [-0.39, 0.29) is 17.0 Å². The predicted octanol–water partition coefficient (Wildman–Crippen LogP) is 3.29. The van der Waals surface area contributed by atoms with Gasteiger partial charge in [0, 0.05) is 12.1 Å². The highest BCUT2D eigenvalue weighted by atomic mass is 32.2. The molecule has 1 aliphatic rings. The molecule has 0 saturated heterocycles. The van der Waals surface area contributed by atoms with Crippen LogP contribution in [0.3, 0.4) is 0 Å². The molecule has 0 radical (unpaired) electrons. The Bertz CT molecular complexity index is 952. The van der Waals surface area contributed by atoms with Crippen LogP contribution < -0.4 is 4.90 Å². The SMILES string of the molecule is CC(C)N(C(C)C)S(=O)(=O)c1ccc(N2C(=O)c3ccccc3C2=O)cc1. The minimum atomic E-state index is -3.68. The highest BCUT2D eigenvalue weighted by molar-refractivity contribution is 7.89. The fourth-order valence-electron chi connectivity index (χ4n) is 3.46. The van der Waals surface area contributed by atoms with Crippen LogP contribution in [0.15, 0.2) is 53.4 Å². The number of imide groups is 1. The third-order valence-corrected chi connectivity index (χ3v) is 6.75. The maximum absolute atomic E-state index is 12.9. The van der Waals surface area contributed by atoms with Crippen LogP contribution in [0.2, 0.25) is 0 Å². The van der Waals surface area contributed by atoms with E-state index in [4.69, 9.17) is 0 Å². The van der Waals surface area contributed by atoms with Crippen molar-refractivity contribution in [1.82, 2.24) is 4.31 Å². The molecule has 142 valence electrons. The molecule has 0 spiro atoms. The van der Waals surface area contributed by atoms with Crippen LogP contribution in [0, 0.1) is 0 Å². The van der Waals surface area contributed by atoms with Gasteiger partial charge < -0.3 is 0 Å². The summed E-state index contributed by atoms with van der Waals surface area (Å²) in [4.78, 5) is 26.3. The Morgan fingerprint density at radius 3 is 1.63 bits per heavy atom. The standard InChI is InChI=1S/C20H22N2O4S/c1-13(2)22(14(3)4)27(25,26)16-11-9-15(10-12-16)21-19(23)17-7-5-6-8-18(17)20(21)24/h5-14H,1-4H3. The number of amides is 2. The summed E-state index contributed by atoms with van der Waals surface area (Å²) in [7, 11) is -3.68. The summed E-state index contributed by atoms with van der Waals surface area (Å²) in [6, 6.07) is 12.1. The number of anilines is 1. The van der Waals surface area contributed by atoms with Crippen LogP contribution in [0.25, 0.3) is 0 Å². The number of carbonyl (C=O) groups excluding carboxylic acids is 2. The first-order valence-electron chi connectivity index (χ1n) is 8.77. The van der Waals surface area contributed by atoms with Gasteiger partial charge in [0.25, 0.3) is 11.8 Å². The first-order chi connectivity index (χ1) is 12.7. The molecule has 0 N–H and O–H groups in total. The average Bonchev–Trinajstić information content (AvgIpc) is 2.85. The van der Waals surface area contributed by atoms with Gasteiger partial charge in [0.2, 0.25) is 10.0 Å². The molecule has 1 aliphatic heterocycles. The fraction of sp³-hybridized carbons (Fsp3) is 0.300. The van der Waals surface area contributed by atoms with E-state index in [1.54, 1.807) is 24.3 Å². The number of benzene rings is 2. The summed E-state index contributed by atoms with van der Waals surface area (Å²) in [5, 5.41) is 0. The quantitative estimate of drug-likeness (QED) is 0.739. The molecule has 2 aromatic rings. The molecule has 3 rings (SSSR count). The number of hydrogen-bond donors (Lipinski definition) is 0. The van der Waals surface area contributed by atoms with Gasteiger partial charge in [-0.3, -0.25) is 9.59 Å². The van der Waals surface area contributed by atoms with Gasteiger partial charge in [-0.1, -0.05) is 12.1 Å². The molecule has 2 amide bonds. The summed E-state index contributed by atoms with van der Waals surface area (Å²) in [6.07, 6.45) is 0. The molecule has 0 saturated carbocycles. The molecule has 0 fully saturated rings. The Morgan fingerprint density at radius 1 is 0.778 bits per heavy atom. The van der Waals surface area contributed by atoms with Gasteiger partial charge in [-0.05, 0) is 64.1 Å². The largest absolute Gasteiger partial charge is 0.268 e. The summed E-state index contributed by atoms with van der Waals surface area (Å²) in [5.41, 5.74) is 1.05. The van der Waals surface area contributed by atoms with E-state index in [1.165, 1.54) is 28.6 Å². The average molecular weight is 386 g/mol. The van der Waals surface area contributed by atoms with Gasteiger partial charge in [0.1, 0.15) is 0 Å². The van der Waals surface area contributed by atoms with E-state index in [1.807, 2.05) is 27.7 Å². The third-order valence-electron chi connectivity index (χ3n) is 4.48. The Morgan fingerprint density at radius 2 is 1.22 bits per heavy atom. The van der Waals surface area contributed by atoms with E-state index in [2.05, 4.69) is 0 Å². The Hall–Kier alpha value is -2.51. The number of rotatable bonds is 5. The van der Waals surface area contributed by atoms with E-state index in [0.717, 1.165) is 4.90 Å². The van der Waals surface area contributed by atoms with Gasteiger partial charge in [0.05, 0.1) is 21.7 Å². The number of nitrogens with zero attached hydrogens (tertiary/aromatic N) is 2. The molecule has 1 heterocycles. The number of hydrogen-bond acceptors (Lipinski definition) is 4. The van der Waals surface area contributed by atoms with Crippen molar-refractivity contribution in [3.63, 3.8) is 0 Å². The second-order valence-corrected chi connectivity index (χ2v) is 8.85. The molecular weight excluding hydrogens is 364 g/mol. The molecule has 7 heteroatoms. The topological polar surface area (TPSA) is 74.8 Å². The van der Waals surface area contributed by atoms with Crippen molar-refractivity contribution >= 4 is 27.5 Å². The molecule has 0 aliphatic carbocycles. The number of sulfonamides is 1. The Labute approximate surface area is 159 Å². The summed E-state index contributed by atoms with van der Waals surface area (Å²) >= 11 is 0. The van der Waals surface area contributed by atoms with Gasteiger partial charge in [-0.2, -0.15) is 4.31 Å². The normalized spacial score (nSPS) is 14.6. The second-order valence-electron chi connectivity index (χ2n) is 7.01. The first kappa shape index (κ1) is 19.3. The fourth-order valence-corrected chi connectivity index (χ4v) is 5.30. The molecular formula is C20H22N2O4S. The van der Waals surface area contributed by atoms with Gasteiger partial charge in [-0.25, -0.2) is 13.3 Å². The van der Waals surface area contributed by atoms with Crippen LogP contribution in [0.1, 0.15) is 48.4 Å².